The summed E-state index contributed by atoms with van der Waals surface area (Å²) in [7, 11) is 0. The molecule has 0 spiro atoms. The predicted molar refractivity (Wildman–Crippen MR) is 95.0 cm³/mol. The second kappa shape index (κ2) is 8.62. The molecule has 1 fully saturated rings. The van der Waals surface area contributed by atoms with Gasteiger partial charge in [0.15, 0.2) is 0 Å². The zero-order chi connectivity index (χ0) is 16.6. The van der Waals surface area contributed by atoms with E-state index in [-0.39, 0.29) is 12.0 Å². The maximum Gasteiger partial charge on any atom is 0.251 e. The molecular formula is C20H24N2O2. The number of ether oxygens (including phenoxy) is 1. The van der Waals surface area contributed by atoms with Gasteiger partial charge in [-0.15, -0.1) is 0 Å². The summed E-state index contributed by atoms with van der Waals surface area (Å²) in [5.74, 6) is -0.000241. The van der Waals surface area contributed by atoms with Gasteiger partial charge in [-0.25, -0.2) is 0 Å². The van der Waals surface area contributed by atoms with E-state index in [1.54, 1.807) is 0 Å². The summed E-state index contributed by atoms with van der Waals surface area (Å²) in [6.45, 7) is 4.30. The number of hydrogen-bond donors (Lipinski definition) is 1. The summed E-state index contributed by atoms with van der Waals surface area (Å²) < 4.78 is 5.89. The Morgan fingerprint density at radius 3 is 2.54 bits per heavy atom. The Morgan fingerprint density at radius 1 is 1.08 bits per heavy atom. The number of morpholine rings is 1. The van der Waals surface area contributed by atoms with Crippen LogP contribution in [0.3, 0.4) is 0 Å². The molecule has 1 aliphatic heterocycles. The molecule has 0 bridgehead atoms. The number of carbonyl (C=O) groups excluding carboxylic acids is 1. The summed E-state index contributed by atoms with van der Waals surface area (Å²) in [4.78, 5) is 14.4. The van der Waals surface area contributed by atoms with E-state index < -0.39 is 0 Å². The fourth-order valence-corrected chi connectivity index (χ4v) is 2.97. The first-order valence-corrected chi connectivity index (χ1v) is 8.55. The molecule has 4 nitrogen and oxygen atoms in total. The maximum atomic E-state index is 12.0. The van der Waals surface area contributed by atoms with Crippen molar-refractivity contribution in [3.05, 3.63) is 71.8 Å². The van der Waals surface area contributed by atoms with Gasteiger partial charge in [-0.1, -0.05) is 48.5 Å². The van der Waals surface area contributed by atoms with Crippen molar-refractivity contribution in [1.29, 1.82) is 0 Å². The van der Waals surface area contributed by atoms with Crippen LogP contribution < -0.4 is 5.32 Å². The van der Waals surface area contributed by atoms with Gasteiger partial charge in [0, 0.05) is 31.7 Å². The number of amides is 1. The molecule has 0 unspecified atom stereocenters. The third-order valence-electron chi connectivity index (χ3n) is 4.29. The van der Waals surface area contributed by atoms with Crippen LogP contribution in [-0.2, 0) is 4.74 Å². The lowest BCUT2D eigenvalue weighted by Gasteiger charge is -2.33. The zero-order valence-corrected chi connectivity index (χ0v) is 13.9. The molecule has 1 heterocycles. The molecule has 0 saturated carbocycles. The number of nitrogens with zero attached hydrogens (tertiary/aromatic N) is 1. The fourth-order valence-electron chi connectivity index (χ4n) is 2.97. The molecule has 2 aromatic rings. The van der Waals surface area contributed by atoms with Crippen LogP contribution in [0, 0.1) is 0 Å². The monoisotopic (exact) mass is 324 g/mol. The first kappa shape index (κ1) is 16.7. The fraction of sp³-hybridized carbons (Fsp3) is 0.350. The van der Waals surface area contributed by atoms with Gasteiger partial charge in [0.05, 0.1) is 12.7 Å². The van der Waals surface area contributed by atoms with Gasteiger partial charge in [0.25, 0.3) is 5.91 Å². The third kappa shape index (κ3) is 4.66. The lowest BCUT2D eigenvalue weighted by atomic mass is 10.1. The van der Waals surface area contributed by atoms with Crippen molar-refractivity contribution < 1.29 is 9.53 Å². The van der Waals surface area contributed by atoms with Crippen LogP contribution in [0.4, 0.5) is 0 Å². The molecule has 4 heteroatoms. The van der Waals surface area contributed by atoms with Crippen LogP contribution >= 0.6 is 0 Å². The summed E-state index contributed by atoms with van der Waals surface area (Å²) in [6, 6.07) is 19.7. The molecular weight excluding hydrogens is 300 g/mol. The third-order valence-corrected chi connectivity index (χ3v) is 4.29. The molecule has 1 N–H and O–H groups in total. The van der Waals surface area contributed by atoms with Crippen molar-refractivity contribution in [3.8, 4) is 0 Å². The number of nitrogens with one attached hydrogen (secondary N) is 1. The highest BCUT2D eigenvalue weighted by molar-refractivity contribution is 5.94. The van der Waals surface area contributed by atoms with E-state index in [1.165, 1.54) is 5.56 Å². The highest BCUT2D eigenvalue weighted by Crippen LogP contribution is 2.21. The molecule has 1 amide bonds. The van der Waals surface area contributed by atoms with Crippen molar-refractivity contribution in [2.45, 2.75) is 12.5 Å². The minimum atomic E-state index is -0.000241. The number of rotatable bonds is 6. The van der Waals surface area contributed by atoms with E-state index >= 15 is 0 Å². The van der Waals surface area contributed by atoms with Crippen molar-refractivity contribution >= 4 is 5.91 Å². The average Bonchev–Trinajstić information content (AvgIpc) is 2.67. The van der Waals surface area contributed by atoms with Crippen LogP contribution in [0.25, 0.3) is 0 Å². The van der Waals surface area contributed by atoms with Crippen LogP contribution in [0.1, 0.15) is 28.4 Å². The maximum absolute atomic E-state index is 12.0. The molecule has 1 saturated heterocycles. The summed E-state index contributed by atoms with van der Waals surface area (Å²) in [5, 5.41) is 2.98. The van der Waals surface area contributed by atoms with Crippen LogP contribution in [-0.4, -0.2) is 43.6 Å². The Morgan fingerprint density at radius 2 is 1.79 bits per heavy atom. The van der Waals surface area contributed by atoms with Gasteiger partial charge in [-0.05, 0) is 24.1 Å². The molecule has 1 atom stereocenters. The molecule has 1 aliphatic rings. The van der Waals surface area contributed by atoms with Crippen molar-refractivity contribution in [2.75, 3.05) is 32.8 Å². The number of carbonyl (C=O) groups is 1. The molecule has 2 aromatic carbocycles. The standard InChI is InChI=1S/C20H24N2O2/c23-20(18-10-5-2-6-11-18)21-12-7-13-22-14-15-24-19(16-22)17-8-3-1-4-9-17/h1-6,8-11,19H,7,12-16H2,(H,21,23)/t19-/m0/s1. The van der Waals surface area contributed by atoms with E-state index in [4.69, 9.17) is 4.74 Å². The van der Waals surface area contributed by atoms with Crippen molar-refractivity contribution in [3.63, 3.8) is 0 Å². The van der Waals surface area contributed by atoms with Crippen LogP contribution in [0.5, 0.6) is 0 Å². The van der Waals surface area contributed by atoms with Gasteiger partial charge in [0.1, 0.15) is 0 Å². The zero-order valence-electron chi connectivity index (χ0n) is 13.9. The minimum Gasteiger partial charge on any atom is -0.371 e. The first-order valence-electron chi connectivity index (χ1n) is 8.55. The Labute approximate surface area is 143 Å². The van der Waals surface area contributed by atoms with E-state index in [2.05, 4.69) is 34.5 Å². The Balaban J connectivity index is 1.40. The van der Waals surface area contributed by atoms with E-state index in [0.29, 0.717) is 12.1 Å². The van der Waals surface area contributed by atoms with Gasteiger partial charge >= 0.3 is 0 Å². The number of hydrogen-bond acceptors (Lipinski definition) is 3. The highest BCUT2D eigenvalue weighted by Gasteiger charge is 2.21. The van der Waals surface area contributed by atoms with Gasteiger partial charge in [-0.2, -0.15) is 0 Å². The molecule has 0 radical (unpaired) electrons. The molecule has 0 aromatic heterocycles. The Bertz CT molecular complexity index is 631. The predicted octanol–water partition coefficient (Wildman–Crippen LogP) is 2.88. The van der Waals surface area contributed by atoms with Crippen molar-refractivity contribution in [1.82, 2.24) is 10.2 Å². The minimum absolute atomic E-state index is 0.000241. The van der Waals surface area contributed by atoms with E-state index in [0.717, 1.165) is 32.7 Å². The lowest BCUT2D eigenvalue weighted by molar-refractivity contribution is -0.0301. The van der Waals surface area contributed by atoms with E-state index in [9.17, 15) is 4.79 Å². The van der Waals surface area contributed by atoms with Crippen LogP contribution in [0.15, 0.2) is 60.7 Å². The summed E-state index contributed by atoms with van der Waals surface area (Å²) in [5.41, 5.74) is 1.95. The van der Waals surface area contributed by atoms with Gasteiger partial charge in [0.2, 0.25) is 0 Å². The average molecular weight is 324 g/mol. The number of benzene rings is 2. The topological polar surface area (TPSA) is 41.6 Å². The SMILES string of the molecule is O=C(NCCCN1CCO[C@H](c2ccccc2)C1)c1ccccc1. The van der Waals surface area contributed by atoms with Crippen LogP contribution in [0.2, 0.25) is 0 Å². The summed E-state index contributed by atoms with van der Waals surface area (Å²) >= 11 is 0. The quantitative estimate of drug-likeness (QED) is 0.831. The Hall–Kier alpha value is -2.17. The molecule has 3 rings (SSSR count). The summed E-state index contributed by atoms with van der Waals surface area (Å²) in [6.07, 6.45) is 1.10. The molecule has 0 aliphatic carbocycles. The first-order chi connectivity index (χ1) is 11.8. The van der Waals surface area contributed by atoms with Crippen molar-refractivity contribution in [2.24, 2.45) is 0 Å². The smallest absolute Gasteiger partial charge is 0.251 e. The van der Waals surface area contributed by atoms with E-state index in [1.807, 2.05) is 36.4 Å². The molecule has 126 valence electrons. The normalized spacial score (nSPS) is 18.2. The highest BCUT2D eigenvalue weighted by atomic mass is 16.5. The molecule has 24 heavy (non-hydrogen) atoms. The van der Waals surface area contributed by atoms with Gasteiger partial charge < -0.3 is 10.1 Å². The second-order valence-electron chi connectivity index (χ2n) is 6.05. The Kier molecular flexibility index (Phi) is 5.99. The second-order valence-corrected chi connectivity index (χ2v) is 6.05. The van der Waals surface area contributed by atoms with Gasteiger partial charge in [-0.3, -0.25) is 9.69 Å². The lowest BCUT2D eigenvalue weighted by Crippen LogP contribution is -2.39. The largest absolute Gasteiger partial charge is 0.371 e.